The molecule has 14 heteroatoms. The number of amides is 1. The van der Waals surface area contributed by atoms with Crippen molar-refractivity contribution in [3.63, 3.8) is 0 Å². The van der Waals surface area contributed by atoms with E-state index in [1.54, 1.807) is 17.5 Å². The smallest absolute Gasteiger partial charge is 0.276 e. The third-order valence-electron chi connectivity index (χ3n) is 5.32. The second kappa shape index (κ2) is 10.7. The molecule has 1 aliphatic carbocycles. The van der Waals surface area contributed by atoms with Crippen molar-refractivity contribution in [1.29, 1.82) is 0 Å². The minimum Gasteiger partial charge on any atom is -0.460 e. The highest BCUT2D eigenvalue weighted by molar-refractivity contribution is 8.14. The van der Waals surface area contributed by atoms with Gasteiger partial charge in [0.2, 0.25) is 0 Å². The fraction of sp³-hybridized carbons (Fsp3) is 0.350. The van der Waals surface area contributed by atoms with Gasteiger partial charge in [-0.05, 0) is 23.3 Å². The number of nitrogens with one attached hydrogen (secondary N) is 1. The number of thiazole rings is 1. The van der Waals surface area contributed by atoms with Crippen molar-refractivity contribution in [3.05, 3.63) is 46.4 Å². The van der Waals surface area contributed by atoms with Crippen LogP contribution in [-0.2, 0) is 19.3 Å². The van der Waals surface area contributed by atoms with Gasteiger partial charge < -0.3 is 20.3 Å². The first-order valence-electron chi connectivity index (χ1n) is 9.91. The van der Waals surface area contributed by atoms with Gasteiger partial charge in [0.25, 0.3) is 11.0 Å². The molecule has 2 aromatic heterocycles. The van der Waals surface area contributed by atoms with E-state index in [1.165, 1.54) is 25.1 Å². The van der Waals surface area contributed by atoms with Crippen molar-refractivity contribution in [3.8, 4) is 0 Å². The van der Waals surface area contributed by atoms with Gasteiger partial charge in [-0.25, -0.2) is 9.87 Å². The van der Waals surface area contributed by atoms with Crippen LogP contribution >= 0.6 is 34.9 Å². The van der Waals surface area contributed by atoms with Crippen molar-refractivity contribution in [2.75, 3.05) is 31.0 Å². The Hall–Kier alpha value is -2.65. The zero-order valence-electron chi connectivity index (χ0n) is 17.8. The number of hydrogen-bond acceptors (Lipinski definition) is 13. The van der Waals surface area contributed by atoms with Crippen LogP contribution in [0.5, 0.6) is 0 Å². The van der Waals surface area contributed by atoms with Crippen LogP contribution in [0.15, 0.2) is 44.5 Å². The molecule has 3 heterocycles. The second-order valence-electron chi connectivity index (χ2n) is 7.26. The van der Waals surface area contributed by atoms with Crippen LogP contribution in [0.4, 0.5) is 5.13 Å². The summed E-state index contributed by atoms with van der Waals surface area (Å²) in [5.74, 6) is -0.284. The van der Waals surface area contributed by atoms with Gasteiger partial charge in [-0.15, -0.1) is 11.3 Å². The van der Waals surface area contributed by atoms with Crippen LogP contribution < -0.4 is 11.1 Å². The SMILES string of the molecule is CO/N=C(/C(=O)N[C@@H]1C(=O)C2C(COO)=C(CSC(=O)c3ccco3)CS[C@@H]21)c1csc(N)n1. The number of nitrogens with two attached hydrogens (primary N) is 1. The largest absolute Gasteiger partial charge is 0.460 e. The lowest BCUT2D eigenvalue weighted by atomic mass is 9.72. The number of Topliss-reactive ketones (excluding diaryl/α,β-unsaturated/α-hetero) is 1. The molecule has 1 amide bonds. The van der Waals surface area contributed by atoms with Crippen molar-refractivity contribution in [2.24, 2.45) is 11.1 Å². The van der Waals surface area contributed by atoms with Gasteiger partial charge in [-0.1, -0.05) is 16.9 Å². The topological polar surface area (TPSA) is 166 Å². The molecular formula is C20H20N4O7S3. The van der Waals surface area contributed by atoms with Gasteiger partial charge in [0, 0.05) is 22.1 Å². The lowest BCUT2D eigenvalue weighted by Gasteiger charge is -2.47. The quantitative estimate of drug-likeness (QED) is 0.189. The number of ketones is 1. The normalized spacial score (nSPS) is 22.2. The Kier molecular flexibility index (Phi) is 7.73. The number of oxime groups is 1. The molecule has 3 atom stereocenters. The predicted octanol–water partition coefficient (Wildman–Crippen LogP) is 1.83. The lowest BCUT2D eigenvalue weighted by molar-refractivity contribution is -0.235. The monoisotopic (exact) mass is 524 g/mol. The summed E-state index contributed by atoms with van der Waals surface area (Å²) < 4.78 is 5.12. The minimum atomic E-state index is -0.756. The van der Waals surface area contributed by atoms with Crippen LogP contribution in [0.2, 0.25) is 0 Å². The number of anilines is 1. The highest BCUT2D eigenvalue weighted by Crippen LogP contribution is 2.46. The summed E-state index contributed by atoms with van der Waals surface area (Å²) in [5.41, 5.74) is 7.27. The molecule has 1 aliphatic heterocycles. The van der Waals surface area contributed by atoms with E-state index in [4.69, 9.17) is 20.2 Å². The molecule has 4 N–H and O–H groups in total. The maximum absolute atomic E-state index is 13.0. The molecule has 180 valence electrons. The maximum atomic E-state index is 13.0. The van der Waals surface area contributed by atoms with E-state index in [-0.39, 0.29) is 45.1 Å². The van der Waals surface area contributed by atoms with E-state index < -0.39 is 17.9 Å². The summed E-state index contributed by atoms with van der Waals surface area (Å²) in [4.78, 5) is 51.3. The Balaban J connectivity index is 1.45. The highest BCUT2D eigenvalue weighted by Gasteiger charge is 2.54. The molecule has 11 nitrogen and oxygen atoms in total. The summed E-state index contributed by atoms with van der Waals surface area (Å²) in [7, 11) is 1.30. The third-order valence-corrected chi connectivity index (χ3v) is 8.39. The van der Waals surface area contributed by atoms with Crippen LogP contribution in [0.1, 0.15) is 16.2 Å². The van der Waals surface area contributed by atoms with Gasteiger partial charge in [-0.2, -0.15) is 11.8 Å². The summed E-state index contributed by atoms with van der Waals surface area (Å²) in [5, 5.41) is 16.9. The molecule has 0 radical (unpaired) electrons. The van der Waals surface area contributed by atoms with Crippen molar-refractivity contribution in [1.82, 2.24) is 10.3 Å². The zero-order chi connectivity index (χ0) is 24.2. The lowest BCUT2D eigenvalue weighted by Crippen LogP contribution is -2.65. The minimum absolute atomic E-state index is 0.0875. The van der Waals surface area contributed by atoms with Crippen LogP contribution in [0.25, 0.3) is 0 Å². The summed E-state index contributed by atoms with van der Waals surface area (Å²) >= 11 is 3.70. The molecule has 4 rings (SSSR count). The van der Waals surface area contributed by atoms with Gasteiger partial charge >= 0.3 is 0 Å². The Morgan fingerprint density at radius 2 is 2.29 bits per heavy atom. The average Bonchev–Trinajstić information content (AvgIpc) is 3.51. The Labute approximate surface area is 206 Å². The standard InChI is InChI=1S/C20H20N4O7S3/c1-29-24-14(11-8-34-20(21)22-11)18(26)23-15-16(25)13-10(5-31-28)9(6-32-17(13)15)7-33-19(27)12-3-2-4-30-12/h2-4,8,13,15,17,28H,5-7H2,1H3,(H2,21,22)(H,23,26)/b24-14+/t13?,15-,17+/m1/s1. The van der Waals surface area contributed by atoms with Gasteiger partial charge in [0.05, 0.1) is 12.2 Å². The molecule has 0 spiro atoms. The van der Waals surface area contributed by atoms with Gasteiger partial charge in [0.15, 0.2) is 22.4 Å². The number of aromatic nitrogens is 1. The van der Waals surface area contributed by atoms with E-state index in [1.807, 2.05) is 0 Å². The van der Waals surface area contributed by atoms with E-state index >= 15 is 0 Å². The molecule has 2 aromatic rings. The van der Waals surface area contributed by atoms with Gasteiger partial charge in [-0.3, -0.25) is 19.6 Å². The van der Waals surface area contributed by atoms with Crippen LogP contribution in [-0.4, -0.2) is 69.3 Å². The maximum Gasteiger partial charge on any atom is 0.276 e. The first-order valence-corrected chi connectivity index (χ1v) is 12.8. The van der Waals surface area contributed by atoms with Crippen molar-refractivity contribution in [2.45, 2.75) is 11.3 Å². The summed E-state index contributed by atoms with van der Waals surface area (Å²) in [6.07, 6.45) is 1.42. The zero-order valence-corrected chi connectivity index (χ0v) is 20.2. The number of rotatable bonds is 9. The van der Waals surface area contributed by atoms with E-state index in [0.29, 0.717) is 17.1 Å². The summed E-state index contributed by atoms with van der Waals surface area (Å²) in [6.45, 7) is -0.159. The Bertz CT molecular complexity index is 1140. The van der Waals surface area contributed by atoms with Crippen LogP contribution in [0.3, 0.4) is 0 Å². The number of thioether (sulfide) groups is 2. The van der Waals surface area contributed by atoms with Crippen molar-refractivity contribution >= 4 is 62.5 Å². The third kappa shape index (κ3) is 4.90. The number of carbonyl (C=O) groups is 3. The number of hydrogen-bond donors (Lipinski definition) is 3. The average molecular weight is 525 g/mol. The molecule has 34 heavy (non-hydrogen) atoms. The fourth-order valence-corrected chi connectivity index (χ4v) is 6.83. The molecule has 0 aromatic carbocycles. The summed E-state index contributed by atoms with van der Waals surface area (Å²) in [6, 6.07) is 2.46. The van der Waals surface area contributed by atoms with E-state index in [2.05, 4.69) is 20.3 Å². The van der Waals surface area contributed by atoms with Crippen molar-refractivity contribution < 1.29 is 33.8 Å². The Morgan fingerprint density at radius 3 is 2.94 bits per heavy atom. The first kappa shape index (κ1) is 24.5. The van der Waals surface area contributed by atoms with Crippen LogP contribution in [0, 0.1) is 5.92 Å². The second-order valence-corrected chi connectivity index (χ2v) is 10.3. The number of carbonyl (C=O) groups excluding carboxylic acids is 3. The molecule has 1 unspecified atom stereocenters. The van der Waals surface area contributed by atoms with Gasteiger partial charge in [0.1, 0.15) is 25.5 Å². The predicted molar refractivity (Wildman–Crippen MR) is 128 cm³/mol. The molecule has 1 saturated carbocycles. The first-order chi connectivity index (χ1) is 16.4. The number of nitrogen functional groups attached to an aromatic ring is 1. The Morgan fingerprint density at radius 1 is 1.47 bits per heavy atom. The van der Waals surface area contributed by atoms with E-state index in [9.17, 15) is 14.4 Å². The number of fused-ring (bicyclic) bond motifs is 1. The van der Waals surface area contributed by atoms with E-state index in [0.717, 1.165) is 28.7 Å². The molecule has 1 fully saturated rings. The molecule has 0 saturated heterocycles. The molecule has 0 bridgehead atoms. The molecule has 2 aliphatic rings. The fourth-order valence-electron chi connectivity index (χ4n) is 3.73. The highest BCUT2D eigenvalue weighted by atomic mass is 32.2. The number of nitrogens with zero attached hydrogens (tertiary/aromatic N) is 2. The molecular weight excluding hydrogens is 504 g/mol. The number of furan rings is 1.